The Labute approximate surface area is 112 Å². The Morgan fingerprint density at radius 2 is 1.95 bits per heavy atom. The average molecular weight is 269 g/mol. The van der Waals surface area contributed by atoms with Gasteiger partial charge in [-0.05, 0) is 37.0 Å². The van der Waals surface area contributed by atoms with E-state index in [0.717, 1.165) is 38.2 Å². The van der Waals surface area contributed by atoms with Crippen LogP contribution in [0.15, 0.2) is 18.2 Å². The minimum atomic E-state index is -0.857. The molecule has 0 amide bonds. The Hall–Kier alpha value is -1.00. The largest absolute Gasteiger partial charge is 0.387 e. The van der Waals surface area contributed by atoms with E-state index < -0.39 is 17.7 Å². The summed E-state index contributed by atoms with van der Waals surface area (Å²) in [5, 5.41) is 13.7. The molecule has 0 aromatic heterocycles. The summed E-state index contributed by atoms with van der Waals surface area (Å²) in [5.41, 5.74) is 0.312. The van der Waals surface area contributed by atoms with Crippen molar-refractivity contribution in [2.24, 2.45) is 0 Å². The van der Waals surface area contributed by atoms with Crippen LogP contribution in [0.4, 0.5) is 8.78 Å². The van der Waals surface area contributed by atoms with Gasteiger partial charge in [-0.3, -0.25) is 0 Å². The molecule has 3 atom stereocenters. The van der Waals surface area contributed by atoms with Crippen molar-refractivity contribution in [1.82, 2.24) is 5.32 Å². The van der Waals surface area contributed by atoms with E-state index in [1.54, 1.807) is 0 Å². The van der Waals surface area contributed by atoms with E-state index in [-0.39, 0.29) is 6.04 Å². The van der Waals surface area contributed by atoms with E-state index in [9.17, 15) is 13.9 Å². The van der Waals surface area contributed by atoms with E-state index in [2.05, 4.69) is 12.2 Å². The highest BCUT2D eigenvalue weighted by Gasteiger charge is 2.27. The van der Waals surface area contributed by atoms with Crippen LogP contribution in [0.1, 0.15) is 50.7 Å². The van der Waals surface area contributed by atoms with Crippen molar-refractivity contribution in [2.75, 3.05) is 0 Å². The summed E-state index contributed by atoms with van der Waals surface area (Å²) in [6, 6.07) is 3.52. The summed E-state index contributed by atoms with van der Waals surface area (Å²) >= 11 is 0. The number of aliphatic hydroxyl groups excluding tert-OH is 1. The second kappa shape index (κ2) is 6.44. The number of piperidine rings is 1. The molecular weight excluding hydrogens is 248 g/mol. The van der Waals surface area contributed by atoms with E-state index in [4.69, 9.17) is 0 Å². The Morgan fingerprint density at radius 1 is 1.26 bits per heavy atom. The van der Waals surface area contributed by atoms with Crippen molar-refractivity contribution in [2.45, 2.75) is 57.2 Å². The predicted octanol–water partition coefficient (Wildman–Crippen LogP) is 3.31. The molecular formula is C15H21F2NO. The quantitative estimate of drug-likeness (QED) is 0.879. The summed E-state index contributed by atoms with van der Waals surface area (Å²) < 4.78 is 26.4. The lowest BCUT2D eigenvalue weighted by molar-refractivity contribution is 0.0992. The third kappa shape index (κ3) is 3.74. The van der Waals surface area contributed by atoms with Crippen LogP contribution in [-0.4, -0.2) is 17.2 Å². The van der Waals surface area contributed by atoms with Gasteiger partial charge in [0.1, 0.15) is 11.6 Å². The Morgan fingerprint density at radius 3 is 2.58 bits per heavy atom. The highest BCUT2D eigenvalue weighted by atomic mass is 19.1. The van der Waals surface area contributed by atoms with Gasteiger partial charge < -0.3 is 10.4 Å². The monoisotopic (exact) mass is 269 g/mol. The number of benzene rings is 1. The van der Waals surface area contributed by atoms with Gasteiger partial charge >= 0.3 is 0 Å². The van der Waals surface area contributed by atoms with Crippen LogP contribution in [0.2, 0.25) is 0 Å². The minimum absolute atomic E-state index is 0.119. The first-order chi connectivity index (χ1) is 9.10. The Kier molecular flexibility index (Phi) is 4.88. The molecule has 19 heavy (non-hydrogen) atoms. The van der Waals surface area contributed by atoms with Crippen molar-refractivity contribution in [3.63, 3.8) is 0 Å². The van der Waals surface area contributed by atoms with Crippen LogP contribution in [0.3, 0.4) is 0 Å². The van der Waals surface area contributed by atoms with Crippen molar-refractivity contribution in [3.05, 3.63) is 35.4 Å². The fourth-order valence-electron chi connectivity index (χ4n) is 2.86. The van der Waals surface area contributed by atoms with Gasteiger partial charge in [-0.2, -0.15) is 0 Å². The summed E-state index contributed by atoms with van der Waals surface area (Å²) in [5.74, 6) is -1.29. The topological polar surface area (TPSA) is 32.3 Å². The van der Waals surface area contributed by atoms with Gasteiger partial charge in [-0.1, -0.05) is 19.8 Å². The first-order valence-corrected chi connectivity index (χ1v) is 7.00. The molecule has 0 radical (unpaired) electrons. The molecule has 106 valence electrons. The number of nitrogens with one attached hydrogen (secondary N) is 1. The summed E-state index contributed by atoms with van der Waals surface area (Å²) in [6.45, 7) is 2.13. The molecule has 0 saturated carbocycles. The standard InChI is InChI=1S/C15H21F2NO/c1-2-4-13-5-3-6-14(18-13)15(19)10-7-11(16)9-12(17)8-10/h7-9,13-15,18-19H,2-6H2,1H3. The zero-order valence-electron chi connectivity index (χ0n) is 11.2. The Bertz CT molecular complexity index is 402. The fraction of sp³-hybridized carbons (Fsp3) is 0.600. The first kappa shape index (κ1) is 14.4. The first-order valence-electron chi connectivity index (χ1n) is 7.00. The normalized spacial score (nSPS) is 25.3. The molecule has 1 saturated heterocycles. The van der Waals surface area contributed by atoms with Gasteiger partial charge in [0.2, 0.25) is 0 Å². The molecule has 2 N–H and O–H groups in total. The fourth-order valence-corrected chi connectivity index (χ4v) is 2.86. The maximum Gasteiger partial charge on any atom is 0.126 e. The van der Waals surface area contributed by atoms with Crippen LogP contribution in [0, 0.1) is 11.6 Å². The lowest BCUT2D eigenvalue weighted by atomic mass is 9.90. The number of rotatable bonds is 4. The number of hydrogen-bond donors (Lipinski definition) is 2. The van der Waals surface area contributed by atoms with Crippen LogP contribution in [0.5, 0.6) is 0 Å². The molecule has 2 rings (SSSR count). The minimum Gasteiger partial charge on any atom is -0.387 e. The zero-order valence-corrected chi connectivity index (χ0v) is 11.2. The van der Waals surface area contributed by atoms with E-state index in [1.807, 2.05) is 0 Å². The smallest absolute Gasteiger partial charge is 0.126 e. The molecule has 1 heterocycles. The van der Waals surface area contributed by atoms with Crippen LogP contribution >= 0.6 is 0 Å². The summed E-state index contributed by atoms with van der Waals surface area (Å²) in [7, 11) is 0. The maximum atomic E-state index is 13.2. The molecule has 1 fully saturated rings. The van der Waals surface area contributed by atoms with Gasteiger partial charge in [0.05, 0.1) is 6.10 Å². The van der Waals surface area contributed by atoms with Gasteiger partial charge in [0, 0.05) is 18.2 Å². The molecule has 2 nitrogen and oxygen atoms in total. The van der Waals surface area contributed by atoms with Gasteiger partial charge in [-0.15, -0.1) is 0 Å². The van der Waals surface area contributed by atoms with Crippen LogP contribution in [-0.2, 0) is 0 Å². The number of halogens is 2. The molecule has 3 unspecified atom stereocenters. The zero-order chi connectivity index (χ0) is 13.8. The van der Waals surface area contributed by atoms with Gasteiger partial charge in [0.15, 0.2) is 0 Å². The van der Waals surface area contributed by atoms with Crippen molar-refractivity contribution < 1.29 is 13.9 Å². The molecule has 0 spiro atoms. The van der Waals surface area contributed by atoms with Crippen LogP contribution < -0.4 is 5.32 Å². The van der Waals surface area contributed by atoms with Crippen LogP contribution in [0.25, 0.3) is 0 Å². The molecule has 4 heteroatoms. The summed E-state index contributed by atoms with van der Waals surface area (Å²) in [4.78, 5) is 0. The molecule has 1 aromatic rings. The maximum absolute atomic E-state index is 13.2. The van der Waals surface area contributed by atoms with Crippen molar-refractivity contribution in [1.29, 1.82) is 0 Å². The highest BCUT2D eigenvalue weighted by molar-refractivity contribution is 5.21. The van der Waals surface area contributed by atoms with E-state index >= 15 is 0 Å². The van der Waals surface area contributed by atoms with E-state index in [1.165, 1.54) is 12.1 Å². The molecule has 1 aliphatic rings. The average Bonchev–Trinajstić information content (AvgIpc) is 2.37. The van der Waals surface area contributed by atoms with Gasteiger partial charge in [0.25, 0.3) is 0 Å². The lowest BCUT2D eigenvalue weighted by Crippen LogP contribution is -2.45. The third-order valence-corrected chi connectivity index (χ3v) is 3.76. The summed E-state index contributed by atoms with van der Waals surface area (Å²) in [6.07, 6.45) is 4.28. The molecule has 0 aliphatic carbocycles. The Balaban J connectivity index is 2.07. The predicted molar refractivity (Wildman–Crippen MR) is 70.8 cm³/mol. The molecule has 1 aromatic carbocycles. The van der Waals surface area contributed by atoms with E-state index in [0.29, 0.717) is 11.6 Å². The second-order valence-electron chi connectivity index (χ2n) is 5.34. The van der Waals surface area contributed by atoms with Crippen molar-refractivity contribution >= 4 is 0 Å². The SMILES string of the molecule is CCCC1CCCC(C(O)c2cc(F)cc(F)c2)N1. The second-order valence-corrected chi connectivity index (χ2v) is 5.34. The number of hydrogen-bond acceptors (Lipinski definition) is 2. The highest BCUT2D eigenvalue weighted by Crippen LogP contribution is 2.26. The molecule has 0 bridgehead atoms. The lowest BCUT2D eigenvalue weighted by Gasteiger charge is -2.34. The third-order valence-electron chi connectivity index (χ3n) is 3.76. The molecule has 1 aliphatic heterocycles. The van der Waals surface area contributed by atoms with Gasteiger partial charge in [-0.25, -0.2) is 8.78 Å². The van der Waals surface area contributed by atoms with Crippen molar-refractivity contribution in [3.8, 4) is 0 Å². The number of aliphatic hydroxyl groups is 1.